The average Bonchev–Trinajstić information content (AvgIpc) is 3.03. The SMILES string of the molecule is Cc1cc(F)cc2c1N(CC(=O)C1CCCC1)C(=O)C2=O. The summed E-state index contributed by atoms with van der Waals surface area (Å²) in [5, 5.41) is 0. The van der Waals surface area contributed by atoms with E-state index in [9.17, 15) is 18.8 Å². The van der Waals surface area contributed by atoms with Crippen LogP contribution in [-0.4, -0.2) is 24.0 Å². The van der Waals surface area contributed by atoms with Crippen LogP contribution in [0.3, 0.4) is 0 Å². The lowest BCUT2D eigenvalue weighted by Gasteiger charge is -2.19. The van der Waals surface area contributed by atoms with E-state index < -0.39 is 17.5 Å². The van der Waals surface area contributed by atoms with Crippen molar-refractivity contribution in [3.8, 4) is 0 Å². The van der Waals surface area contributed by atoms with E-state index in [1.807, 2.05) is 0 Å². The van der Waals surface area contributed by atoms with E-state index in [1.54, 1.807) is 6.92 Å². The molecule has 1 aliphatic carbocycles. The highest BCUT2D eigenvalue weighted by Gasteiger charge is 2.39. The minimum Gasteiger partial charge on any atom is -0.297 e. The molecule has 0 N–H and O–H groups in total. The Labute approximate surface area is 121 Å². The second kappa shape index (κ2) is 5.06. The number of hydrogen-bond donors (Lipinski definition) is 0. The first-order valence-corrected chi connectivity index (χ1v) is 7.18. The fraction of sp³-hybridized carbons (Fsp3) is 0.438. The average molecular weight is 289 g/mol. The van der Waals surface area contributed by atoms with Gasteiger partial charge in [0.1, 0.15) is 5.82 Å². The Balaban J connectivity index is 1.92. The van der Waals surface area contributed by atoms with Crippen molar-refractivity contribution >= 4 is 23.2 Å². The normalized spacial score (nSPS) is 18.5. The zero-order chi connectivity index (χ0) is 15.1. The first-order valence-electron chi connectivity index (χ1n) is 7.18. The van der Waals surface area contributed by atoms with E-state index in [2.05, 4.69) is 0 Å². The molecule has 1 aromatic rings. The summed E-state index contributed by atoms with van der Waals surface area (Å²) in [5.74, 6) is -2.03. The molecule has 4 nitrogen and oxygen atoms in total. The van der Waals surface area contributed by atoms with Gasteiger partial charge in [-0.15, -0.1) is 0 Å². The molecule has 0 bridgehead atoms. The molecular formula is C16H16FNO3. The largest absolute Gasteiger partial charge is 0.299 e. The van der Waals surface area contributed by atoms with Crippen LogP contribution < -0.4 is 4.90 Å². The summed E-state index contributed by atoms with van der Waals surface area (Å²) in [6.07, 6.45) is 3.77. The number of halogens is 1. The third-order valence-corrected chi connectivity index (χ3v) is 4.34. The van der Waals surface area contributed by atoms with Gasteiger partial charge in [0.2, 0.25) is 0 Å². The number of carbonyl (C=O) groups is 3. The van der Waals surface area contributed by atoms with Crippen molar-refractivity contribution in [3.05, 3.63) is 29.1 Å². The predicted molar refractivity (Wildman–Crippen MR) is 74.8 cm³/mol. The number of amides is 1. The minimum absolute atomic E-state index is 0.00905. The van der Waals surface area contributed by atoms with Crippen LogP contribution >= 0.6 is 0 Å². The number of carbonyl (C=O) groups excluding carboxylic acids is 3. The Morgan fingerprint density at radius 1 is 1.29 bits per heavy atom. The quantitative estimate of drug-likeness (QED) is 0.803. The first-order chi connectivity index (χ1) is 9.99. The van der Waals surface area contributed by atoms with E-state index in [1.165, 1.54) is 11.0 Å². The molecule has 0 unspecified atom stereocenters. The second-order valence-corrected chi connectivity index (χ2v) is 5.79. The molecule has 1 saturated carbocycles. The second-order valence-electron chi connectivity index (χ2n) is 5.79. The summed E-state index contributed by atoms with van der Waals surface area (Å²) >= 11 is 0. The molecule has 0 saturated heterocycles. The van der Waals surface area contributed by atoms with Gasteiger partial charge >= 0.3 is 0 Å². The maximum atomic E-state index is 13.4. The summed E-state index contributed by atoms with van der Waals surface area (Å²) < 4.78 is 13.4. The molecule has 1 aliphatic heterocycles. The number of nitrogens with zero attached hydrogens (tertiary/aromatic N) is 1. The van der Waals surface area contributed by atoms with Crippen molar-refractivity contribution in [3.63, 3.8) is 0 Å². The Morgan fingerprint density at radius 3 is 2.62 bits per heavy atom. The molecule has 1 fully saturated rings. The van der Waals surface area contributed by atoms with Crippen LogP contribution in [0.25, 0.3) is 0 Å². The first kappa shape index (κ1) is 13.9. The van der Waals surface area contributed by atoms with E-state index in [0.29, 0.717) is 11.3 Å². The minimum atomic E-state index is -0.731. The molecule has 2 aliphatic rings. The molecule has 1 aromatic carbocycles. The van der Waals surface area contributed by atoms with Gasteiger partial charge in [0, 0.05) is 5.92 Å². The monoisotopic (exact) mass is 289 g/mol. The number of aryl methyl sites for hydroxylation is 1. The van der Waals surface area contributed by atoms with Gasteiger partial charge in [-0.25, -0.2) is 4.39 Å². The standard InChI is InChI=1S/C16H16FNO3/c1-9-6-11(17)7-12-14(9)18(16(21)15(12)20)8-13(19)10-4-2-3-5-10/h6-7,10H,2-5,8H2,1H3. The maximum Gasteiger partial charge on any atom is 0.299 e. The molecule has 1 heterocycles. The van der Waals surface area contributed by atoms with Crippen molar-refractivity contribution in [2.75, 3.05) is 11.4 Å². The van der Waals surface area contributed by atoms with Gasteiger partial charge in [-0.2, -0.15) is 0 Å². The Morgan fingerprint density at radius 2 is 1.95 bits per heavy atom. The van der Waals surface area contributed by atoms with Crippen LogP contribution in [0.2, 0.25) is 0 Å². The summed E-state index contributed by atoms with van der Waals surface area (Å²) in [5.41, 5.74) is 0.956. The molecule has 0 spiro atoms. The highest BCUT2D eigenvalue weighted by molar-refractivity contribution is 6.52. The van der Waals surface area contributed by atoms with Crippen molar-refractivity contribution in [1.82, 2.24) is 0 Å². The zero-order valence-electron chi connectivity index (χ0n) is 11.8. The van der Waals surface area contributed by atoms with Crippen LogP contribution in [-0.2, 0) is 9.59 Å². The van der Waals surface area contributed by atoms with E-state index in [4.69, 9.17) is 0 Å². The third-order valence-electron chi connectivity index (χ3n) is 4.34. The fourth-order valence-electron chi connectivity index (χ4n) is 3.29. The topological polar surface area (TPSA) is 54.5 Å². The van der Waals surface area contributed by atoms with Crippen LogP contribution in [0.5, 0.6) is 0 Å². The van der Waals surface area contributed by atoms with Gasteiger partial charge < -0.3 is 0 Å². The molecule has 5 heteroatoms. The number of Topliss-reactive ketones (excluding diaryl/α,β-unsaturated/α-hetero) is 2. The Kier molecular flexibility index (Phi) is 3.35. The van der Waals surface area contributed by atoms with Crippen molar-refractivity contribution in [1.29, 1.82) is 0 Å². The van der Waals surface area contributed by atoms with Gasteiger partial charge in [0.25, 0.3) is 11.7 Å². The molecule has 0 atom stereocenters. The lowest BCUT2D eigenvalue weighted by molar-refractivity contribution is -0.123. The molecule has 3 rings (SSSR count). The lowest BCUT2D eigenvalue weighted by atomic mass is 10.0. The molecule has 0 radical (unpaired) electrons. The highest BCUT2D eigenvalue weighted by atomic mass is 19.1. The van der Waals surface area contributed by atoms with Crippen LogP contribution in [0.15, 0.2) is 12.1 Å². The smallest absolute Gasteiger partial charge is 0.297 e. The summed E-state index contributed by atoms with van der Waals surface area (Å²) in [6, 6.07) is 2.35. The molecule has 21 heavy (non-hydrogen) atoms. The molecular weight excluding hydrogens is 273 g/mol. The van der Waals surface area contributed by atoms with Crippen molar-refractivity contribution in [2.24, 2.45) is 5.92 Å². The van der Waals surface area contributed by atoms with Crippen LogP contribution in [0.4, 0.5) is 10.1 Å². The number of anilines is 1. The van der Waals surface area contributed by atoms with E-state index in [-0.39, 0.29) is 23.8 Å². The van der Waals surface area contributed by atoms with Crippen molar-refractivity contribution in [2.45, 2.75) is 32.6 Å². The van der Waals surface area contributed by atoms with Gasteiger partial charge in [-0.05, 0) is 37.5 Å². The summed E-state index contributed by atoms with van der Waals surface area (Å²) in [7, 11) is 0. The number of fused-ring (bicyclic) bond motifs is 1. The Hall–Kier alpha value is -2.04. The van der Waals surface area contributed by atoms with Crippen LogP contribution in [0, 0.1) is 18.7 Å². The van der Waals surface area contributed by atoms with E-state index >= 15 is 0 Å². The molecule has 110 valence electrons. The molecule has 0 aromatic heterocycles. The number of ketones is 2. The van der Waals surface area contributed by atoms with Gasteiger partial charge in [-0.3, -0.25) is 19.3 Å². The number of rotatable bonds is 3. The maximum absolute atomic E-state index is 13.4. The number of benzene rings is 1. The van der Waals surface area contributed by atoms with Crippen LogP contribution in [0.1, 0.15) is 41.6 Å². The van der Waals surface area contributed by atoms with Gasteiger partial charge in [0.05, 0.1) is 17.8 Å². The predicted octanol–water partition coefficient (Wildman–Crippen LogP) is 2.42. The van der Waals surface area contributed by atoms with Crippen molar-refractivity contribution < 1.29 is 18.8 Å². The van der Waals surface area contributed by atoms with Gasteiger partial charge in [0.15, 0.2) is 5.78 Å². The summed E-state index contributed by atoms with van der Waals surface area (Å²) in [6.45, 7) is 1.55. The zero-order valence-corrected chi connectivity index (χ0v) is 11.8. The number of hydrogen-bond acceptors (Lipinski definition) is 3. The highest BCUT2D eigenvalue weighted by Crippen LogP contribution is 2.34. The summed E-state index contributed by atoms with van der Waals surface area (Å²) in [4.78, 5) is 37.5. The fourth-order valence-corrected chi connectivity index (χ4v) is 3.29. The van der Waals surface area contributed by atoms with E-state index in [0.717, 1.165) is 31.7 Å². The Bertz CT molecular complexity index is 647. The van der Waals surface area contributed by atoms with Gasteiger partial charge in [-0.1, -0.05) is 12.8 Å². The molecule has 1 amide bonds. The third kappa shape index (κ3) is 2.26. The lowest BCUT2D eigenvalue weighted by Crippen LogP contribution is -2.37.